The first-order valence-corrected chi connectivity index (χ1v) is 8.55. The monoisotopic (exact) mass is 326 g/mol. The zero-order valence-corrected chi connectivity index (χ0v) is 13.8. The van der Waals surface area contributed by atoms with E-state index in [4.69, 9.17) is 0 Å². The SMILES string of the molecule is CC(C)(CNC(=O)NCC1(O)CCSC1)c1ccccc1F. The van der Waals surface area contributed by atoms with E-state index < -0.39 is 11.0 Å². The van der Waals surface area contributed by atoms with Crippen LogP contribution in [-0.4, -0.2) is 41.3 Å². The Bertz CT molecular complexity index is 531. The maximum Gasteiger partial charge on any atom is 0.314 e. The van der Waals surface area contributed by atoms with Gasteiger partial charge < -0.3 is 15.7 Å². The predicted molar refractivity (Wildman–Crippen MR) is 87.7 cm³/mol. The summed E-state index contributed by atoms with van der Waals surface area (Å²) in [4.78, 5) is 11.9. The van der Waals surface area contributed by atoms with Crippen LogP contribution in [0.5, 0.6) is 0 Å². The molecule has 1 aromatic rings. The first-order valence-electron chi connectivity index (χ1n) is 7.39. The highest BCUT2D eigenvalue weighted by molar-refractivity contribution is 7.99. The minimum Gasteiger partial charge on any atom is -0.387 e. The number of halogens is 1. The second kappa shape index (κ2) is 6.87. The van der Waals surface area contributed by atoms with Crippen LogP contribution in [0.1, 0.15) is 25.8 Å². The lowest BCUT2D eigenvalue weighted by molar-refractivity contribution is 0.0699. The van der Waals surface area contributed by atoms with Gasteiger partial charge in [0.15, 0.2) is 0 Å². The second-order valence-electron chi connectivity index (χ2n) is 6.43. The van der Waals surface area contributed by atoms with Crippen molar-refractivity contribution < 1.29 is 14.3 Å². The number of aliphatic hydroxyl groups is 1. The molecule has 2 amide bonds. The molecule has 0 spiro atoms. The Hall–Kier alpha value is -1.27. The highest BCUT2D eigenvalue weighted by Gasteiger charge is 2.32. The Morgan fingerprint density at radius 3 is 2.77 bits per heavy atom. The van der Waals surface area contributed by atoms with Gasteiger partial charge in [-0.3, -0.25) is 0 Å². The largest absolute Gasteiger partial charge is 0.387 e. The van der Waals surface area contributed by atoms with Crippen molar-refractivity contribution in [3.63, 3.8) is 0 Å². The van der Waals surface area contributed by atoms with Crippen molar-refractivity contribution >= 4 is 17.8 Å². The first kappa shape index (κ1) is 17.1. The van der Waals surface area contributed by atoms with Gasteiger partial charge >= 0.3 is 6.03 Å². The minimum atomic E-state index is -0.803. The zero-order chi connectivity index (χ0) is 16.2. The number of rotatable bonds is 5. The number of nitrogens with one attached hydrogen (secondary N) is 2. The predicted octanol–water partition coefficient (Wildman–Crippen LogP) is 2.27. The Morgan fingerprint density at radius 2 is 2.14 bits per heavy atom. The summed E-state index contributed by atoms with van der Waals surface area (Å²) in [5.74, 6) is 1.29. The molecule has 1 aliphatic heterocycles. The molecule has 1 heterocycles. The average molecular weight is 326 g/mol. The summed E-state index contributed by atoms with van der Waals surface area (Å²) in [6.45, 7) is 4.32. The standard InChI is InChI=1S/C16H23FN2O2S/c1-15(2,12-5-3-4-6-13(12)17)9-18-14(20)19-10-16(21)7-8-22-11-16/h3-6,21H,7-11H2,1-2H3,(H2,18,19,20). The molecule has 0 saturated carbocycles. The molecule has 0 aromatic heterocycles. The lowest BCUT2D eigenvalue weighted by Gasteiger charge is -2.27. The number of urea groups is 1. The van der Waals surface area contributed by atoms with E-state index in [-0.39, 0.29) is 18.4 Å². The Balaban J connectivity index is 1.84. The fourth-order valence-corrected chi connectivity index (χ4v) is 3.74. The lowest BCUT2D eigenvalue weighted by Crippen LogP contribution is -2.48. The summed E-state index contributed by atoms with van der Waals surface area (Å²) in [7, 11) is 0. The van der Waals surface area contributed by atoms with Crippen LogP contribution in [0.3, 0.4) is 0 Å². The molecule has 0 radical (unpaired) electrons. The van der Waals surface area contributed by atoms with Crippen molar-refractivity contribution in [2.24, 2.45) is 0 Å². The molecule has 1 fully saturated rings. The van der Waals surface area contributed by atoms with E-state index in [1.165, 1.54) is 6.07 Å². The molecule has 1 aliphatic rings. The highest BCUT2D eigenvalue weighted by atomic mass is 32.2. The third kappa shape index (κ3) is 4.36. The van der Waals surface area contributed by atoms with Crippen molar-refractivity contribution in [3.8, 4) is 0 Å². The summed E-state index contributed by atoms with van der Waals surface area (Å²) in [5.41, 5.74) is -0.743. The van der Waals surface area contributed by atoms with E-state index in [9.17, 15) is 14.3 Å². The molecule has 4 nitrogen and oxygen atoms in total. The van der Waals surface area contributed by atoms with E-state index in [1.807, 2.05) is 13.8 Å². The molecule has 22 heavy (non-hydrogen) atoms. The first-order chi connectivity index (χ1) is 10.3. The quantitative estimate of drug-likeness (QED) is 0.778. The summed E-state index contributed by atoms with van der Waals surface area (Å²) in [6, 6.07) is 6.25. The minimum absolute atomic E-state index is 0.242. The van der Waals surface area contributed by atoms with Crippen molar-refractivity contribution in [1.82, 2.24) is 10.6 Å². The maximum atomic E-state index is 13.8. The van der Waals surface area contributed by atoms with Crippen molar-refractivity contribution in [1.29, 1.82) is 0 Å². The van der Waals surface area contributed by atoms with Gasteiger partial charge in [0.1, 0.15) is 5.82 Å². The smallest absolute Gasteiger partial charge is 0.314 e. The molecule has 1 saturated heterocycles. The summed E-state index contributed by atoms with van der Waals surface area (Å²) in [6.07, 6.45) is 0.693. The van der Waals surface area contributed by atoms with Crippen LogP contribution >= 0.6 is 11.8 Å². The topological polar surface area (TPSA) is 61.4 Å². The van der Waals surface area contributed by atoms with Gasteiger partial charge in [0, 0.05) is 24.3 Å². The summed E-state index contributed by atoms with van der Waals surface area (Å²) >= 11 is 1.69. The second-order valence-corrected chi connectivity index (χ2v) is 7.53. The highest BCUT2D eigenvalue weighted by Crippen LogP contribution is 2.27. The number of benzene rings is 1. The summed E-state index contributed by atoms with van der Waals surface area (Å²) < 4.78 is 13.8. The van der Waals surface area contributed by atoms with Crippen LogP contribution < -0.4 is 10.6 Å². The Kier molecular flexibility index (Phi) is 5.34. The van der Waals surface area contributed by atoms with Gasteiger partial charge in [-0.25, -0.2) is 9.18 Å². The number of amides is 2. The molecule has 1 unspecified atom stereocenters. The summed E-state index contributed by atoms with van der Waals surface area (Å²) in [5, 5.41) is 15.6. The van der Waals surface area contributed by atoms with Gasteiger partial charge in [0.25, 0.3) is 0 Å². The molecule has 2 rings (SSSR count). The van der Waals surface area contributed by atoms with Crippen LogP contribution in [-0.2, 0) is 5.41 Å². The Labute approximate surface area is 134 Å². The van der Waals surface area contributed by atoms with Gasteiger partial charge in [-0.15, -0.1) is 0 Å². The van der Waals surface area contributed by atoms with Crippen molar-refractivity contribution in [2.75, 3.05) is 24.6 Å². The van der Waals surface area contributed by atoms with E-state index in [0.29, 0.717) is 24.3 Å². The average Bonchev–Trinajstić information content (AvgIpc) is 2.91. The van der Waals surface area contributed by atoms with Crippen LogP contribution in [0.4, 0.5) is 9.18 Å². The fourth-order valence-electron chi connectivity index (χ4n) is 2.45. The molecule has 3 N–H and O–H groups in total. The molecule has 0 bridgehead atoms. The number of carbonyl (C=O) groups is 1. The zero-order valence-electron chi connectivity index (χ0n) is 13.0. The number of hydrogen-bond acceptors (Lipinski definition) is 3. The van der Waals surface area contributed by atoms with Gasteiger partial charge in [-0.05, 0) is 23.8 Å². The molecule has 1 aromatic carbocycles. The third-order valence-corrected chi connectivity index (χ3v) is 5.19. The van der Waals surface area contributed by atoms with Crippen LogP contribution in [0, 0.1) is 5.82 Å². The number of carbonyl (C=O) groups excluding carboxylic acids is 1. The van der Waals surface area contributed by atoms with E-state index in [0.717, 1.165) is 5.75 Å². The lowest BCUT2D eigenvalue weighted by atomic mass is 9.84. The van der Waals surface area contributed by atoms with E-state index in [1.54, 1.807) is 30.0 Å². The molecule has 0 aliphatic carbocycles. The normalized spacial score (nSPS) is 21.6. The molecule has 6 heteroatoms. The van der Waals surface area contributed by atoms with E-state index in [2.05, 4.69) is 10.6 Å². The molecular weight excluding hydrogens is 303 g/mol. The molecule has 122 valence electrons. The third-order valence-electron chi connectivity index (χ3n) is 3.95. The number of hydrogen-bond donors (Lipinski definition) is 3. The van der Waals surface area contributed by atoms with Crippen molar-refractivity contribution in [3.05, 3.63) is 35.6 Å². The fraction of sp³-hybridized carbons (Fsp3) is 0.562. The van der Waals surface area contributed by atoms with Gasteiger partial charge in [0.05, 0.1) is 5.60 Å². The van der Waals surface area contributed by atoms with Gasteiger partial charge in [-0.2, -0.15) is 11.8 Å². The molecule has 1 atom stereocenters. The molecular formula is C16H23FN2O2S. The number of thioether (sulfide) groups is 1. The van der Waals surface area contributed by atoms with E-state index >= 15 is 0 Å². The van der Waals surface area contributed by atoms with Crippen LogP contribution in [0.25, 0.3) is 0 Å². The van der Waals surface area contributed by atoms with Gasteiger partial charge in [0.2, 0.25) is 0 Å². The van der Waals surface area contributed by atoms with Crippen molar-refractivity contribution in [2.45, 2.75) is 31.3 Å². The van der Waals surface area contributed by atoms with Crippen LogP contribution in [0.2, 0.25) is 0 Å². The Morgan fingerprint density at radius 1 is 1.41 bits per heavy atom. The van der Waals surface area contributed by atoms with Gasteiger partial charge in [-0.1, -0.05) is 32.0 Å². The van der Waals surface area contributed by atoms with Crippen LogP contribution in [0.15, 0.2) is 24.3 Å². The maximum absolute atomic E-state index is 13.8.